The summed E-state index contributed by atoms with van der Waals surface area (Å²) in [4.78, 5) is 6.54. The molecule has 1 fully saturated rings. The third-order valence-electron chi connectivity index (χ3n) is 6.39. The van der Waals surface area contributed by atoms with Crippen molar-refractivity contribution in [2.75, 3.05) is 18.1 Å². The number of aromatic nitrogens is 1. The van der Waals surface area contributed by atoms with Gasteiger partial charge in [-0.1, -0.05) is 12.1 Å². The number of aliphatic hydroxyl groups excluding tert-OH is 1. The highest BCUT2D eigenvalue weighted by Crippen LogP contribution is 2.48. The van der Waals surface area contributed by atoms with Crippen LogP contribution in [0.1, 0.15) is 54.0 Å². The van der Waals surface area contributed by atoms with Crippen molar-refractivity contribution in [1.82, 2.24) is 4.98 Å². The van der Waals surface area contributed by atoms with Gasteiger partial charge in [0.1, 0.15) is 24.2 Å². The van der Waals surface area contributed by atoms with Gasteiger partial charge in [-0.25, -0.2) is 0 Å². The molecule has 2 aromatic rings. The van der Waals surface area contributed by atoms with Crippen LogP contribution >= 0.6 is 0 Å². The van der Waals surface area contributed by atoms with Crippen molar-refractivity contribution < 1.29 is 14.9 Å². The standard InChI is InChI=1S/C23H30N2O3/c1-15-8-9-16(2)22(17(15)3)28-14-19(26)13-25-20-7-5-11-24-21(20)18-6-4-10-23(25,27)12-18/h5,7-9,11,18-19,26-27H,4,6,10,12-14H2,1-3H3/t18-,19-,23+/m0/s1. The van der Waals surface area contributed by atoms with Gasteiger partial charge in [0.15, 0.2) is 0 Å². The predicted octanol–water partition coefficient (Wildman–Crippen LogP) is 3.61. The summed E-state index contributed by atoms with van der Waals surface area (Å²) in [7, 11) is 0. The minimum Gasteiger partial charge on any atom is -0.490 e. The molecule has 2 N–H and O–H groups in total. The maximum Gasteiger partial charge on any atom is 0.138 e. The fourth-order valence-electron chi connectivity index (χ4n) is 4.74. The van der Waals surface area contributed by atoms with Crippen LogP contribution in [0.2, 0.25) is 0 Å². The Balaban J connectivity index is 1.52. The molecule has 4 rings (SSSR count). The molecule has 0 saturated heterocycles. The molecular weight excluding hydrogens is 352 g/mol. The number of ether oxygens (including phenoxy) is 1. The molecular formula is C23H30N2O3. The van der Waals surface area contributed by atoms with Gasteiger partial charge in [-0.15, -0.1) is 0 Å². The lowest BCUT2D eigenvalue weighted by Gasteiger charge is -2.51. The number of benzene rings is 1. The highest BCUT2D eigenvalue weighted by molar-refractivity contribution is 5.57. The van der Waals surface area contributed by atoms with Crippen molar-refractivity contribution in [3.63, 3.8) is 0 Å². The van der Waals surface area contributed by atoms with E-state index < -0.39 is 11.8 Å². The van der Waals surface area contributed by atoms with Gasteiger partial charge in [0.05, 0.1) is 17.9 Å². The first kappa shape index (κ1) is 19.2. The lowest BCUT2D eigenvalue weighted by molar-refractivity contribution is -0.0230. The average Bonchev–Trinajstić information content (AvgIpc) is 2.68. The van der Waals surface area contributed by atoms with E-state index in [9.17, 15) is 10.2 Å². The molecule has 1 aliphatic heterocycles. The minimum atomic E-state index is -0.908. The van der Waals surface area contributed by atoms with E-state index in [1.807, 2.05) is 43.1 Å². The zero-order valence-corrected chi connectivity index (χ0v) is 17.0. The predicted molar refractivity (Wildman–Crippen MR) is 110 cm³/mol. The Morgan fingerprint density at radius 3 is 2.86 bits per heavy atom. The Hall–Kier alpha value is -2.11. The van der Waals surface area contributed by atoms with E-state index in [-0.39, 0.29) is 6.61 Å². The van der Waals surface area contributed by atoms with Crippen LogP contribution < -0.4 is 9.64 Å². The molecule has 1 aromatic heterocycles. The van der Waals surface area contributed by atoms with Crippen LogP contribution in [-0.2, 0) is 0 Å². The number of aryl methyl sites for hydroxylation is 2. The number of rotatable bonds is 5. The molecule has 2 bridgehead atoms. The van der Waals surface area contributed by atoms with E-state index in [4.69, 9.17) is 4.74 Å². The number of fused-ring (bicyclic) bond motifs is 4. The Labute approximate surface area is 167 Å². The highest BCUT2D eigenvalue weighted by atomic mass is 16.5. The van der Waals surface area contributed by atoms with E-state index in [1.54, 1.807) is 0 Å². The molecule has 0 spiro atoms. The molecule has 0 unspecified atom stereocenters. The topological polar surface area (TPSA) is 65.8 Å². The van der Waals surface area contributed by atoms with Gasteiger partial charge < -0.3 is 19.8 Å². The van der Waals surface area contributed by atoms with Gasteiger partial charge in [0, 0.05) is 18.5 Å². The molecule has 3 atom stereocenters. The second-order valence-electron chi connectivity index (χ2n) is 8.41. The molecule has 5 heteroatoms. The van der Waals surface area contributed by atoms with Crippen LogP contribution in [0, 0.1) is 20.8 Å². The molecule has 2 heterocycles. The van der Waals surface area contributed by atoms with Crippen molar-refractivity contribution in [3.8, 4) is 5.75 Å². The number of hydrogen-bond acceptors (Lipinski definition) is 5. The third-order valence-corrected chi connectivity index (χ3v) is 6.39. The number of hydrogen-bond donors (Lipinski definition) is 2. The van der Waals surface area contributed by atoms with E-state index in [1.165, 1.54) is 5.56 Å². The summed E-state index contributed by atoms with van der Waals surface area (Å²) in [6.07, 6.45) is 4.55. The SMILES string of the molecule is Cc1ccc(C)c(OC[C@@H](O)CN2c3cccnc3[C@H]3CCC[C@@]2(O)C3)c1C. The molecule has 0 amide bonds. The monoisotopic (exact) mass is 382 g/mol. The Morgan fingerprint density at radius 2 is 2.04 bits per heavy atom. The highest BCUT2D eigenvalue weighted by Gasteiger charge is 2.46. The summed E-state index contributed by atoms with van der Waals surface area (Å²) in [5, 5.41) is 22.1. The van der Waals surface area contributed by atoms with Gasteiger partial charge in [-0.05, 0) is 68.9 Å². The molecule has 0 radical (unpaired) electrons. The maximum absolute atomic E-state index is 11.3. The molecule has 1 aliphatic carbocycles. The van der Waals surface area contributed by atoms with Gasteiger partial charge >= 0.3 is 0 Å². The van der Waals surface area contributed by atoms with Crippen LogP contribution in [0.4, 0.5) is 5.69 Å². The number of pyridine rings is 1. The normalized spacial score (nSPS) is 24.6. The van der Waals surface area contributed by atoms with Crippen LogP contribution in [0.25, 0.3) is 0 Å². The maximum atomic E-state index is 11.3. The summed E-state index contributed by atoms with van der Waals surface area (Å²) in [6.45, 7) is 6.64. The number of aliphatic hydroxyl groups is 2. The third kappa shape index (κ3) is 3.38. The van der Waals surface area contributed by atoms with Crippen molar-refractivity contribution in [2.24, 2.45) is 0 Å². The van der Waals surface area contributed by atoms with Crippen LogP contribution in [0.5, 0.6) is 5.75 Å². The van der Waals surface area contributed by atoms with Gasteiger partial charge in [-0.2, -0.15) is 0 Å². The van der Waals surface area contributed by atoms with E-state index in [0.717, 1.165) is 47.5 Å². The summed E-state index contributed by atoms with van der Waals surface area (Å²) in [5.74, 6) is 1.15. The second-order valence-corrected chi connectivity index (χ2v) is 8.41. The first-order valence-corrected chi connectivity index (χ1v) is 10.2. The molecule has 2 aliphatic rings. The lowest BCUT2D eigenvalue weighted by atomic mass is 9.76. The smallest absolute Gasteiger partial charge is 0.138 e. The zero-order valence-electron chi connectivity index (χ0n) is 17.0. The van der Waals surface area contributed by atoms with Crippen molar-refractivity contribution in [3.05, 3.63) is 52.8 Å². The molecule has 5 nitrogen and oxygen atoms in total. The van der Waals surface area contributed by atoms with Gasteiger partial charge in [0.2, 0.25) is 0 Å². The largest absolute Gasteiger partial charge is 0.490 e. The van der Waals surface area contributed by atoms with E-state index in [2.05, 4.69) is 18.0 Å². The fourth-order valence-corrected chi connectivity index (χ4v) is 4.74. The van der Waals surface area contributed by atoms with Crippen LogP contribution in [-0.4, -0.2) is 40.2 Å². The van der Waals surface area contributed by atoms with Crippen LogP contribution in [0.3, 0.4) is 0 Å². The second kappa shape index (κ2) is 7.37. The molecule has 28 heavy (non-hydrogen) atoms. The lowest BCUT2D eigenvalue weighted by Crippen LogP contribution is -2.57. The summed E-state index contributed by atoms with van der Waals surface area (Å²) >= 11 is 0. The number of anilines is 1. The minimum absolute atomic E-state index is 0.191. The average molecular weight is 383 g/mol. The van der Waals surface area contributed by atoms with E-state index >= 15 is 0 Å². The molecule has 1 saturated carbocycles. The summed E-state index contributed by atoms with van der Waals surface area (Å²) < 4.78 is 6.00. The van der Waals surface area contributed by atoms with Gasteiger partial charge in [0.25, 0.3) is 0 Å². The zero-order chi connectivity index (χ0) is 19.9. The first-order chi connectivity index (χ1) is 13.4. The summed E-state index contributed by atoms with van der Waals surface area (Å²) in [6, 6.07) is 8.04. The molecule has 1 aromatic carbocycles. The fraction of sp³-hybridized carbons (Fsp3) is 0.522. The van der Waals surface area contributed by atoms with E-state index in [0.29, 0.717) is 18.9 Å². The number of nitrogens with zero attached hydrogens (tertiary/aromatic N) is 2. The van der Waals surface area contributed by atoms with Crippen LogP contribution in [0.15, 0.2) is 30.5 Å². The number of β-amino-alcohol motifs (C(OH)–C–C–N with tert-alkyl or cyclic N) is 1. The quantitative estimate of drug-likeness (QED) is 0.827. The first-order valence-electron chi connectivity index (χ1n) is 10.2. The van der Waals surface area contributed by atoms with Crippen molar-refractivity contribution in [1.29, 1.82) is 0 Å². The Morgan fingerprint density at radius 1 is 1.25 bits per heavy atom. The molecule has 150 valence electrons. The Bertz CT molecular complexity index is 869. The summed E-state index contributed by atoms with van der Waals surface area (Å²) in [5.41, 5.74) is 4.43. The van der Waals surface area contributed by atoms with Crippen molar-refractivity contribution >= 4 is 5.69 Å². The van der Waals surface area contributed by atoms with Crippen molar-refractivity contribution in [2.45, 2.75) is 64.2 Å². The Kier molecular flexibility index (Phi) is 5.06. The van der Waals surface area contributed by atoms with Gasteiger partial charge in [-0.3, -0.25) is 4.98 Å².